The molecule has 0 aliphatic heterocycles. The molecule has 0 radical (unpaired) electrons. The van der Waals surface area contributed by atoms with Crippen molar-refractivity contribution in [3.8, 4) is 16.2 Å². The van der Waals surface area contributed by atoms with E-state index in [-0.39, 0.29) is 29.7 Å². The number of Topliss-reactive ketones (excluding diaryl/α,β-unsaturated/α-hetero) is 2. The molecule has 0 bridgehead atoms. The molecular formula is C26H26N2O7S. The average molecular weight is 511 g/mol. The molecule has 1 amide bonds. The van der Waals surface area contributed by atoms with Crippen LogP contribution in [0.5, 0.6) is 5.75 Å². The highest BCUT2D eigenvalue weighted by molar-refractivity contribution is 7.13. The van der Waals surface area contributed by atoms with Crippen molar-refractivity contribution in [3.63, 3.8) is 0 Å². The molecule has 3 aliphatic rings. The van der Waals surface area contributed by atoms with Gasteiger partial charge in [0.2, 0.25) is 5.78 Å². The zero-order valence-electron chi connectivity index (χ0n) is 19.9. The summed E-state index contributed by atoms with van der Waals surface area (Å²) in [5.41, 5.74) is 4.34. The largest absolute Gasteiger partial charge is 0.508 e. The van der Waals surface area contributed by atoms with Gasteiger partial charge in [0, 0.05) is 16.4 Å². The second kappa shape index (κ2) is 8.02. The summed E-state index contributed by atoms with van der Waals surface area (Å²) in [4.78, 5) is 41.5. The average Bonchev–Trinajstić information content (AvgIpc) is 3.22. The third-order valence-corrected chi connectivity index (χ3v) is 8.68. The fourth-order valence-electron chi connectivity index (χ4n) is 6.05. The van der Waals surface area contributed by atoms with E-state index in [0.29, 0.717) is 5.56 Å². The predicted octanol–water partition coefficient (Wildman–Crippen LogP) is 2.00. The number of benzene rings is 1. The molecule has 9 nitrogen and oxygen atoms in total. The summed E-state index contributed by atoms with van der Waals surface area (Å²) in [6.07, 6.45) is 0.319. The number of hydrogen-bond acceptors (Lipinski definition) is 9. The summed E-state index contributed by atoms with van der Waals surface area (Å²) in [5, 5.41) is 46.5. The summed E-state index contributed by atoms with van der Waals surface area (Å²) < 4.78 is 0. The highest BCUT2D eigenvalue weighted by Crippen LogP contribution is 2.53. The Morgan fingerprint density at radius 1 is 1.19 bits per heavy atom. The minimum atomic E-state index is -2.64. The number of fused-ring (bicyclic) bond motifs is 3. The first-order valence-electron chi connectivity index (χ1n) is 11.4. The van der Waals surface area contributed by atoms with Crippen LogP contribution < -0.4 is 5.73 Å². The van der Waals surface area contributed by atoms with Crippen LogP contribution >= 0.6 is 11.3 Å². The first-order valence-corrected chi connectivity index (χ1v) is 12.3. The number of phenolic OH excluding ortho intramolecular Hbond substituents is 1. The van der Waals surface area contributed by atoms with Gasteiger partial charge in [-0.15, -0.1) is 11.3 Å². The summed E-state index contributed by atoms with van der Waals surface area (Å²) in [6.45, 7) is 1.96. The van der Waals surface area contributed by atoms with Crippen LogP contribution in [-0.4, -0.2) is 68.5 Å². The quantitative estimate of drug-likeness (QED) is 0.392. The molecular weight excluding hydrogens is 484 g/mol. The lowest BCUT2D eigenvalue weighted by Crippen LogP contribution is -2.65. The van der Waals surface area contributed by atoms with E-state index in [1.807, 2.05) is 18.4 Å². The Hall–Kier alpha value is -3.47. The maximum atomic E-state index is 13.8. The van der Waals surface area contributed by atoms with Crippen LogP contribution in [0.4, 0.5) is 0 Å². The summed E-state index contributed by atoms with van der Waals surface area (Å²) in [5.74, 6) is -6.55. The van der Waals surface area contributed by atoms with Crippen LogP contribution in [0.15, 0.2) is 40.5 Å². The molecule has 1 saturated carbocycles. The molecule has 5 rings (SSSR count). The van der Waals surface area contributed by atoms with Crippen LogP contribution in [0.1, 0.15) is 23.1 Å². The Morgan fingerprint density at radius 3 is 2.47 bits per heavy atom. The number of carbonyl (C=O) groups is 3. The molecule has 3 aliphatic carbocycles. The summed E-state index contributed by atoms with van der Waals surface area (Å²) in [7, 11) is 3.14. The van der Waals surface area contributed by atoms with Gasteiger partial charge in [-0.3, -0.25) is 19.3 Å². The highest BCUT2D eigenvalue weighted by Gasteiger charge is 2.64. The number of primary amides is 1. The van der Waals surface area contributed by atoms with Crippen LogP contribution in [0, 0.1) is 18.8 Å². The summed E-state index contributed by atoms with van der Waals surface area (Å²) in [6, 6.07) is 4.09. The van der Waals surface area contributed by atoms with Crippen molar-refractivity contribution in [2.45, 2.75) is 31.4 Å². The number of carbonyl (C=O) groups excluding carboxylic acids is 3. The lowest BCUT2D eigenvalue weighted by molar-refractivity contribution is -0.153. The minimum absolute atomic E-state index is 0.0598. The Balaban J connectivity index is 1.75. The van der Waals surface area contributed by atoms with Crippen LogP contribution in [-0.2, 0) is 20.8 Å². The van der Waals surface area contributed by atoms with Gasteiger partial charge in [-0.1, -0.05) is 0 Å². The molecule has 10 heteroatoms. The number of aliphatic hydroxyl groups excluding tert-OH is 2. The van der Waals surface area contributed by atoms with Crippen LogP contribution in [0.2, 0.25) is 0 Å². The molecule has 1 fully saturated rings. The molecule has 1 aromatic heterocycles. The number of aliphatic hydroxyl groups is 3. The number of aromatic hydroxyl groups is 1. The van der Waals surface area contributed by atoms with E-state index in [1.54, 1.807) is 20.2 Å². The smallest absolute Gasteiger partial charge is 0.255 e. The van der Waals surface area contributed by atoms with Crippen molar-refractivity contribution in [1.29, 1.82) is 0 Å². The molecule has 0 saturated heterocycles. The Bertz CT molecular complexity index is 1420. The van der Waals surface area contributed by atoms with E-state index >= 15 is 0 Å². The van der Waals surface area contributed by atoms with Crippen molar-refractivity contribution in [1.82, 2.24) is 4.90 Å². The molecule has 0 spiro atoms. The van der Waals surface area contributed by atoms with E-state index in [4.69, 9.17) is 5.73 Å². The number of hydrogen-bond donors (Lipinski definition) is 5. The van der Waals surface area contributed by atoms with Crippen molar-refractivity contribution < 1.29 is 34.8 Å². The first kappa shape index (κ1) is 24.2. The molecule has 4 atom stereocenters. The number of likely N-dealkylation sites (N-methyl/N-ethyl adjacent to an activating group) is 1. The standard InChI is InChI=1S/C26H26N2O7S/c1-10-6-16(36-9-10)12-4-5-15(29)18-13(12)7-11-8-14-20(28(2)3)22(31)19(25(27)34)24(33)26(14,35)23(32)17(11)21(18)30/h4-6,9,11,14,20,29-30,33,35H,7-8H2,1-3H3,(H2,27,34)/t11-,14-,20-,26+/m1/s1. The second-order valence-corrected chi connectivity index (χ2v) is 10.8. The number of ketones is 2. The maximum absolute atomic E-state index is 13.8. The zero-order chi connectivity index (χ0) is 26.3. The molecule has 1 heterocycles. The number of thiophene rings is 1. The van der Waals surface area contributed by atoms with Gasteiger partial charge in [0.15, 0.2) is 11.4 Å². The molecule has 36 heavy (non-hydrogen) atoms. The second-order valence-electron chi connectivity index (χ2n) is 9.94. The highest BCUT2D eigenvalue weighted by atomic mass is 32.1. The fraction of sp³-hybridized carbons (Fsp3) is 0.346. The van der Waals surface area contributed by atoms with Crippen LogP contribution in [0.3, 0.4) is 0 Å². The van der Waals surface area contributed by atoms with Gasteiger partial charge in [0.25, 0.3) is 5.91 Å². The van der Waals surface area contributed by atoms with Crippen molar-refractivity contribution in [2.75, 3.05) is 14.1 Å². The minimum Gasteiger partial charge on any atom is -0.508 e. The SMILES string of the molecule is Cc1csc(-c2ccc(O)c3c2C[C@@H]2C[C@@H]4[C@@H](N(C)C)C(=O)C(C(N)=O)=C(O)[C@@]4(O)C(=O)C2=C3O)c1. The topological polar surface area (TPSA) is 161 Å². The number of aryl methyl sites for hydroxylation is 1. The van der Waals surface area contributed by atoms with E-state index in [1.165, 1.54) is 22.3 Å². The van der Waals surface area contributed by atoms with Gasteiger partial charge in [-0.05, 0) is 80.0 Å². The zero-order valence-corrected chi connectivity index (χ0v) is 20.7. The molecule has 1 aromatic carbocycles. The van der Waals surface area contributed by atoms with Crippen LogP contribution in [0.25, 0.3) is 16.2 Å². The number of nitrogens with two attached hydrogens (primary N) is 1. The van der Waals surface area contributed by atoms with Gasteiger partial charge in [-0.25, -0.2) is 0 Å². The number of amides is 1. The maximum Gasteiger partial charge on any atom is 0.255 e. The predicted molar refractivity (Wildman–Crippen MR) is 132 cm³/mol. The number of phenols is 1. The van der Waals surface area contributed by atoms with E-state index in [0.717, 1.165) is 16.0 Å². The lowest BCUT2D eigenvalue weighted by atomic mass is 9.57. The van der Waals surface area contributed by atoms with E-state index in [2.05, 4.69) is 0 Å². The Kier molecular flexibility index (Phi) is 5.40. The molecule has 6 N–H and O–H groups in total. The van der Waals surface area contributed by atoms with E-state index in [9.17, 15) is 34.8 Å². The van der Waals surface area contributed by atoms with Gasteiger partial charge >= 0.3 is 0 Å². The molecule has 2 aromatic rings. The Morgan fingerprint density at radius 2 is 1.89 bits per heavy atom. The monoisotopic (exact) mass is 510 g/mol. The number of rotatable bonds is 3. The van der Waals surface area contributed by atoms with Gasteiger partial charge in [0.1, 0.15) is 22.8 Å². The van der Waals surface area contributed by atoms with Gasteiger partial charge in [0.05, 0.1) is 11.6 Å². The van der Waals surface area contributed by atoms with Gasteiger partial charge in [-0.2, -0.15) is 0 Å². The third-order valence-electron chi connectivity index (χ3n) is 7.60. The normalized spacial score (nSPS) is 27.8. The molecule has 188 valence electrons. The van der Waals surface area contributed by atoms with Crippen molar-refractivity contribution in [3.05, 3.63) is 57.2 Å². The number of nitrogens with zero attached hydrogens (tertiary/aromatic N) is 1. The van der Waals surface area contributed by atoms with E-state index < -0.39 is 58.0 Å². The fourth-order valence-corrected chi connectivity index (χ4v) is 7.00. The molecule has 0 unspecified atom stereocenters. The third kappa shape index (κ3) is 3.11. The van der Waals surface area contributed by atoms with Crippen molar-refractivity contribution in [2.24, 2.45) is 17.6 Å². The lowest BCUT2D eigenvalue weighted by Gasteiger charge is -2.50. The first-order chi connectivity index (χ1) is 16.9. The van der Waals surface area contributed by atoms with Gasteiger partial charge < -0.3 is 26.2 Å². The Labute approximate surface area is 210 Å². The van der Waals surface area contributed by atoms with Crippen molar-refractivity contribution >= 4 is 34.6 Å². The summed E-state index contributed by atoms with van der Waals surface area (Å²) >= 11 is 1.52.